The number of hydrogen-bond donors (Lipinski definition) is 0. The largest absolute Gasteiger partial charge is 0.300 e. The molecule has 2 unspecified atom stereocenters. The molecule has 0 N–H and O–H groups in total. The Kier molecular flexibility index (Phi) is 4.03. The topological polar surface area (TPSA) is 20.3 Å². The zero-order valence-electron chi connectivity index (χ0n) is 11.6. The van der Waals surface area contributed by atoms with Crippen molar-refractivity contribution in [3.8, 4) is 0 Å². The second-order valence-corrected chi connectivity index (χ2v) is 6.65. The van der Waals surface area contributed by atoms with Crippen LogP contribution in [-0.4, -0.2) is 29.8 Å². The molecular weight excluding hydrogens is 222 g/mol. The Morgan fingerprint density at radius 3 is 2.61 bits per heavy atom. The number of Topliss-reactive ketones (excluding diaryl/α,β-unsaturated/α-hetero) is 1. The Bertz CT molecular complexity index is 297. The summed E-state index contributed by atoms with van der Waals surface area (Å²) in [5.74, 6) is 1.98. The average Bonchev–Trinajstić information content (AvgIpc) is 3.22. The van der Waals surface area contributed by atoms with Crippen LogP contribution in [0.4, 0.5) is 0 Å². The summed E-state index contributed by atoms with van der Waals surface area (Å²) in [6.45, 7) is 2.51. The lowest BCUT2D eigenvalue weighted by molar-refractivity contribution is -0.127. The van der Waals surface area contributed by atoms with Gasteiger partial charge in [-0.15, -0.1) is 0 Å². The van der Waals surface area contributed by atoms with Crippen LogP contribution < -0.4 is 0 Å². The van der Waals surface area contributed by atoms with E-state index in [4.69, 9.17) is 0 Å². The highest BCUT2D eigenvalue weighted by Gasteiger charge is 2.35. The van der Waals surface area contributed by atoms with E-state index in [1.165, 1.54) is 64.5 Å². The van der Waals surface area contributed by atoms with Crippen LogP contribution in [0.5, 0.6) is 0 Å². The van der Waals surface area contributed by atoms with E-state index in [0.29, 0.717) is 17.7 Å². The summed E-state index contributed by atoms with van der Waals surface area (Å²) in [6, 6.07) is 0.602. The Labute approximate surface area is 111 Å². The van der Waals surface area contributed by atoms with Gasteiger partial charge in [-0.05, 0) is 51.1 Å². The maximum Gasteiger partial charge on any atom is 0.137 e. The molecule has 2 atom stereocenters. The first-order valence-corrected chi connectivity index (χ1v) is 8.11. The molecule has 3 aliphatic rings. The fourth-order valence-electron chi connectivity index (χ4n) is 3.92. The molecule has 0 aromatic rings. The molecule has 1 saturated heterocycles. The molecule has 3 rings (SSSR count). The van der Waals surface area contributed by atoms with Crippen LogP contribution in [0.2, 0.25) is 0 Å². The van der Waals surface area contributed by atoms with Gasteiger partial charge < -0.3 is 0 Å². The van der Waals surface area contributed by atoms with Crippen LogP contribution >= 0.6 is 0 Å². The van der Waals surface area contributed by atoms with E-state index in [-0.39, 0.29) is 0 Å². The number of carbonyl (C=O) groups is 1. The molecule has 0 bridgehead atoms. The van der Waals surface area contributed by atoms with E-state index < -0.39 is 0 Å². The summed E-state index contributed by atoms with van der Waals surface area (Å²) in [7, 11) is 0. The van der Waals surface area contributed by atoms with Crippen molar-refractivity contribution < 1.29 is 4.79 Å². The smallest absolute Gasteiger partial charge is 0.137 e. The highest BCUT2D eigenvalue weighted by Crippen LogP contribution is 2.35. The third-order valence-electron chi connectivity index (χ3n) is 5.25. The lowest BCUT2D eigenvalue weighted by Crippen LogP contribution is -2.47. The lowest BCUT2D eigenvalue weighted by atomic mass is 9.79. The normalized spacial score (nSPS) is 34.8. The lowest BCUT2D eigenvalue weighted by Gasteiger charge is -2.41. The van der Waals surface area contributed by atoms with Gasteiger partial charge in [0.05, 0.1) is 0 Å². The van der Waals surface area contributed by atoms with Gasteiger partial charge in [0.15, 0.2) is 0 Å². The Hall–Kier alpha value is -0.370. The molecule has 2 saturated carbocycles. The van der Waals surface area contributed by atoms with E-state index in [0.717, 1.165) is 18.8 Å². The van der Waals surface area contributed by atoms with Gasteiger partial charge in [-0.1, -0.05) is 25.7 Å². The molecule has 102 valence electrons. The highest BCUT2D eigenvalue weighted by atomic mass is 16.1. The molecule has 0 amide bonds. The van der Waals surface area contributed by atoms with E-state index in [1.54, 1.807) is 0 Å². The van der Waals surface area contributed by atoms with Crippen LogP contribution in [0.15, 0.2) is 0 Å². The molecule has 0 aromatic carbocycles. The molecule has 3 fully saturated rings. The first-order chi connectivity index (χ1) is 8.84. The van der Waals surface area contributed by atoms with Crippen LogP contribution in [0, 0.1) is 11.8 Å². The van der Waals surface area contributed by atoms with Crippen molar-refractivity contribution in [3.05, 3.63) is 0 Å². The molecule has 0 radical (unpaired) electrons. The second kappa shape index (κ2) is 5.73. The van der Waals surface area contributed by atoms with E-state index in [9.17, 15) is 4.79 Å². The molecule has 0 aromatic heterocycles. The van der Waals surface area contributed by atoms with Gasteiger partial charge in [0.2, 0.25) is 0 Å². The fourth-order valence-corrected chi connectivity index (χ4v) is 3.92. The molecule has 2 aliphatic carbocycles. The minimum absolute atomic E-state index is 0.387. The first kappa shape index (κ1) is 12.7. The van der Waals surface area contributed by atoms with E-state index in [2.05, 4.69) is 4.90 Å². The second-order valence-electron chi connectivity index (χ2n) is 6.65. The van der Waals surface area contributed by atoms with Gasteiger partial charge in [-0.25, -0.2) is 0 Å². The first-order valence-electron chi connectivity index (χ1n) is 8.11. The fraction of sp³-hybridized carbons (Fsp3) is 0.938. The molecular formula is C16H27NO. The quantitative estimate of drug-likeness (QED) is 0.761. The van der Waals surface area contributed by atoms with E-state index in [1.807, 2.05) is 0 Å². The van der Waals surface area contributed by atoms with Gasteiger partial charge >= 0.3 is 0 Å². The standard InChI is InChI=1S/C16H27NO/c18-16-7-2-1-5-14(16)15-6-3-4-11-17(15)12-10-13-8-9-13/h13-15H,1-12H2. The minimum Gasteiger partial charge on any atom is -0.300 e. The van der Waals surface area contributed by atoms with Crippen molar-refractivity contribution in [2.45, 2.75) is 70.3 Å². The molecule has 0 spiro atoms. The number of carbonyl (C=O) groups excluding carboxylic acids is 1. The summed E-state index contributed by atoms with van der Waals surface area (Å²) in [5, 5.41) is 0. The van der Waals surface area contributed by atoms with Gasteiger partial charge in [0.25, 0.3) is 0 Å². The Morgan fingerprint density at radius 2 is 1.83 bits per heavy atom. The van der Waals surface area contributed by atoms with Crippen molar-refractivity contribution >= 4 is 5.78 Å². The third-order valence-corrected chi connectivity index (χ3v) is 5.25. The van der Waals surface area contributed by atoms with Crippen molar-refractivity contribution in [1.29, 1.82) is 0 Å². The van der Waals surface area contributed by atoms with Crippen molar-refractivity contribution in [1.82, 2.24) is 4.90 Å². The van der Waals surface area contributed by atoms with Gasteiger partial charge in [0, 0.05) is 18.4 Å². The Morgan fingerprint density at radius 1 is 1.00 bits per heavy atom. The van der Waals surface area contributed by atoms with Crippen LogP contribution in [0.1, 0.15) is 64.2 Å². The SMILES string of the molecule is O=C1CCCCC1C1CCCCN1CCC1CC1. The monoisotopic (exact) mass is 249 g/mol. The predicted molar refractivity (Wildman–Crippen MR) is 73.5 cm³/mol. The molecule has 18 heavy (non-hydrogen) atoms. The van der Waals surface area contributed by atoms with Crippen molar-refractivity contribution in [2.24, 2.45) is 11.8 Å². The van der Waals surface area contributed by atoms with Gasteiger partial charge in [-0.2, -0.15) is 0 Å². The van der Waals surface area contributed by atoms with Gasteiger partial charge in [-0.3, -0.25) is 9.69 Å². The number of ketones is 1. The van der Waals surface area contributed by atoms with Gasteiger partial charge in [0.1, 0.15) is 5.78 Å². The molecule has 2 heteroatoms. The number of rotatable bonds is 4. The summed E-state index contributed by atoms with van der Waals surface area (Å²) < 4.78 is 0. The number of piperidine rings is 1. The van der Waals surface area contributed by atoms with Crippen LogP contribution in [-0.2, 0) is 4.79 Å². The zero-order chi connectivity index (χ0) is 12.4. The third kappa shape index (κ3) is 2.96. The van der Waals surface area contributed by atoms with Crippen molar-refractivity contribution in [2.75, 3.05) is 13.1 Å². The molecule has 1 aliphatic heterocycles. The number of nitrogens with zero attached hydrogens (tertiary/aromatic N) is 1. The van der Waals surface area contributed by atoms with Crippen LogP contribution in [0.25, 0.3) is 0 Å². The van der Waals surface area contributed by atoms with Crippen molar-refractivity contribution in [3.63, 3.8) is 0 Å². The van der Waals surface area contributed by atoms with E-state index >= 15 is 0 Å². The minimum atomic E-state index is 0.387. The summed E-state index contributed by atoms with van der Waals surface area (Å²) >= 11 is 0. The predicted octanol–water partition coefficient (Wildman–Crippen LogP) is 3.40. The highest BCUT2D eigenvalue weighted by molar-refractivity contribution is 5.82. The number of hydrogen-bond acceptors (Lipinski definition) is 2. The Balaban J connectivity index is 1.60. The molecule has 1 heterocycles. The number of likely N-dealkylation sites (tertiary alicyclic amines) is 1. The average molecular weight is 249 g/mol. The molecule has 2 nitrogen and oxygen atoms in total. The summed E-state index contributed by atoms with van der Waals surface area (Å²) in [5.41, 5.74) is 0. The zero-order valence-corrected chi connectivity index (χ0v) is 11.6. The van der Waals surface area contributed by atoms with Crippen LogP contribution in [0.3, 0.4) is 0 Å². The summed E-state index contributed by atoms with van der Waals surface area (Å²) in [6.07, 6.45) is 12.7. The summed E-state index contributed by atoms with van der Waals surface area (Å²) in [4.78, 5) is 14.8. The maximum atomic E-state index is 12.2. The maximum absolute atomic E-state index is 12.2.